The van der Waals surface area contributed by atoms with Crippen molar-refractivity contribution in [2.45, 2.75) is 26.2 Å². The predicted octanol–water partition coefficient (Wildman–Crippen LogP) is 2.28. The second-order valence-electron chi connectivity index (χ2n) is 4.77. The topological polar surface area (TPSA) is 62.1 Å². The molecule has 0 unspecified atom stereocenters. The third-order valence-corrected chi connectivity index (χ3v) is 3.46. The van der Waals surface area contributed by atoms with Crippen LogP contribution in [0.1, 0.15) is 31.7 Å². The summed E-state index contributed by atoms with van der Waals surface area (Å²) in [6, 6.07) is 7.30. The summed E-state index contributed by atoms with van der Waals surface area (Å²) in [6.07, 6.45) is 2.73. The highest BCUT2D eigenvalue weighted by molar-refractivity contribution is 6.02. The molecule has 20 heavy (non-hydrogen) atoms. The molecule has 1 amide bonds. The summed E-state index contributed by atoms with van der Waals surface area (Å²) in [5, 5.41) is 12.3. The number of nitrogens with zero attached hydrogens (tertiary/aromatic N) is 2. The van der Waals surface area contributed by atoms with Crippen molar-refractivity contribution in [1.29, 1.82) is 0 Å². The molecule has 1 N–H and O–H groups in total. The molecule has 5 nitrogen and oxygen atoms in total. The van der Waals surface area contributed by atoms with Gasteiger partial charge in [-0.15, -0.1) is 0 Å². The lowest BCUT2D eigenvalue weighted by Crippen LogP contribution is -2.32. The van der Waals surface area contributed by atoms with E-state index in [2.05, 4.69) is 5.16 Å². The molecule has 0 radical (unpaired) electrons. The number of para-hydroxylation sites is 1. The SMILES string of the molecule is CC/C(=N\O)c1ccccc1OCC(=O)N1CCCC1. The van der Waals surface area contributed by atoms with E-state index in [0.29, 0.717) is 17.9 Å². The van der Waals surface area contributed by atoms with Crippen LogP contribution in [-0.4, -0.2) is 41.4 Å². The third-order valence-electron chi connectivity index (χ3n) is 3.46. The standard InChI is InChI=1S/C15H20N2O3/c1-2-13(16-19)12-7-3-4-8-14(12)20-11-15(18)17-9-5-6-10-17/h3-4,7-8,19H,2,5-6,9-11H2,1H3/b16-13+. The van der Waals surface area contributed by atoms with E-state index >= 15 is 0 Å². The zero-order chi connectivity index (χ0) is 14.4. The number of hydrogen-bond donors (Lipinski definition) is 1. The second-order valence-corrected chi connectivity index (χ2v) is 4.77. The molecular formula is C15H20N2O3. The Morgan fingerprint density at radius 1 is 1.35 bits per heavy atom. The highest BCUT2D eigenvalue weighted by atomic mass is 16.5. The Bertz CT molecular complexity index is 494. The quantitative estimate of drug-likeness (QED) is 0.510. The zero-order valence-electron chi connectivity index (χ0n) is 11.7. The fourth-order valence-electron chi connectivity index (χ4n) is 2.34. The van der Waals surface area contributed by atoms with Crippen molar-refractivity contribution in [3.05, 3.63) is 29.8 Å². The maximum atomic E-state index is 12.0. The maximum Gasteiger partial charge on any atom is 0.260 e. The van der Waals surface area contributed by atoms with Gasteiger partial charge in [-0.1, -0.05) is 24.2 Å². The van der Waals surface area contributed by atoms with Crippen molar-refractivity contribution >= 4 is 11.6 Å². The zero-order valence-corrected chi connectivity index (χ0v) is 11.7. The number of likely N-dealkylation sites (tertiary alicyclic amines) is 1. The molecule has 0 spiro atoms. The molecule has 1 aliphatic heterocycles. The van der Waals surface area contributed by atoms with E-state index in [-0.39, 0.29) is 12.5 Å². The monoisotopic (exact) mass is 276 g/mol. The molecule has 1 heterocycles. The summed E-state index contributed by atoms with van der Waals surface area (Å²) in [7, 11) is 0. The second kappa shape index (κ2) is 6.93. The van der Waals surface area contributed by atoms with E-state index in [4.69, 9.17) is 9.94 Å². The number of rotatable bonds is 5. The van der Waals surface area contributed by atoms with Gasteiger partial charge in [0.2, 0.25) is 0 Å². The number of benzene rings is 1. The molecule has 0 atom stereocenters. The molecule has 0 saturated carbocycles. The predicted molar refractivity (Wildman–Crippen MR) is 76.4 cm³/mol. The molecular weight excluding hydrogens is 256 g/mol. The molecule has 1 fully saturated rings. The molecule has 0 aliphatic carbocycles. The lowest BCUT2D eigenvalue weighted by Gasteiger charge is -2.16. The first-order valence-corrected chi connectivity index (χ1v) is 6.97. The highest BCUT2D eigenvalue weighted by Gasteiger charge is 2.19. The van der Waals surface area contributed by atoms with E-state index in [9.17, 15) is 4.79 Å². The van der Waals surface area contributed by atoms with Crippen LogP contribution in [0.2, 0.25) is 0 Å². The number of ether oxygens (including phenoxy) is 1. The van der Waals surface area contributed by atoms with Crippen LogP contribution in [-0.2, 0) is 4.79 Å². The highest BCUT2D eigenvalue weighted by Crippen LogP contribution is 2.20. The number of carbonyl (C=O) groups excluding carboxylic acids is 1. The summed E-state index contributed by atoms with van der Waals surface area (Å²) < 4.78 is 5.61. The molecule has 0 aromatic heterocycles. The summed E-state index contributed by atoms with van der Waals surface area (Å²) in [5.74, 6) is 0.589. The Morgan fingerprint density at radius 2 is 2.05 bits per heavy atom. The van der Waals surface area contributed by atoms with Crippen LogP contribution in [0, 0.1) is 0 Å². The Labute approximate surface area is 118 Å². The van der Waals surface area contributed by atoms with Crippen LogP contribution in [0.5, 0.6) is 5.75 Å². The van der Waals surface area contributed by atoms with Gasteiger partial charge in [0.05, 0.1) is 5.71 Å². The first-order valence-electron chi connectivity index (χ1n) is 6.97. The fourth-order valence-corrected chi connectivity index (χ4v) is 2.34. The maximum absolute atomic E-state index is 12.0. The van der Waals surface area contributed by atoms with Crippen LogP contribution in [0.15, 0.2) is 29.4 Å². The van der Waals surface area contributed by atoms with Crippen molar-refractivity contribution in [2.75, 3.05) is 19.7 Å². The summed E-state index contributed by atoms with van der Waals surface area (Å²) in [6.45, 7) is 3.57. The Balaban J connectivity index is 2.04. The molecule has 1 saturated heterocycles. The summed E-state index contributed by atoms with van der Waals surface area (Å²) in [4.78, 5) is 13.8. The minimum absolute atomic E-state index is 0.0105. The van der Waals surface area contributed by atoms with Crippen molar-refractivity contribution in [3.8, 4) is 5.75 Å². The van der Waals surface area contributed by atoms with Crippen LogP contribution in [0.3, 0.4) is 0 Å². The summed E-state index contributed by atoms with van der Waals surface area (Å²) in [5.41, 5.74) is 1.28. The van der Waals surface area contributed by atoms with Gasteiger partial charge < -0.3 is 14.8 Å². The minimum atomic E-state index is 0.0105. The Morgan fingerprint density at radius 3 is 2.70 bits per heavy atom. The van der Waals surface area contributed by atoms with Crippen LogP contribution < -0.4 is 4.74 Å². The first-order chi connectivity index (χ1) is 9.76. The lowest BCUT2D eigenvalue weighted by atomic mass is 10.1. The molecule has 2 rings (SSSR count). The molecule has 1 aromatic rings. The van der Waals surface area contributed by atoms with Gasteiger partial charge in [0.15, 0.2) is 6.61 Å². The normalized spacial score (nSPS) is 15.4. The van der Waals surface area contributed by atoms with Gasteiger partial charge in [-0.2, -0.15) is 0 Å². The van der Waals surface area contributed by atoms with Crippen molar-refractivity contribution in [1.82, 2.24) is 4.90 Å². The molecule has 0 bridgehead atoms. The number of carbonyl (C=O) groups is 1. The smallest absolute Gasteiger partial charge is 0.260 e. The molecule has 1 aliphatic rings. The van der Waals surface area contributed by atoms with Crippen molar-refractivity contribution in [2.24, 2.45) is 5.16 Å². The van der Waals surface area contributed by atoms with Gasteiger partial charge in [-0.3, -0.25) is 4.79 Å². The van der Waals surface area contributed by atoms with Crippen LogP contribution >= 0.6 is 0 Å². The van der Waals surface area contributed by atoms with Gasteiger partial charge in [-0.05, 0) is 31.4 Å². The average molecular weight is 276 g/mol. The van der Waals surface area contributed by atoms with Gasteiger partial charge in [-0.25, -0.2) is 0 Å². The fraction of sp³-hybridized carbons (Fsp3) is 0.467. The largest absolute Gasteiger partial charge is 0.483 e. The number of oxime groups is 1. The van der Waals surface area contributed by atoms with Gasteiger partial charge in [0, 0.05) is 18.7 Å². The van der Waals surface area contributed by atoms with Crippen LogP contribution in [0.4, 0.5) is 0 Å². The van der Waals surface area contributed by atoms with E-state index < -0.39 is 0 Å². The number of hydrogen-bond acceptors (Lipinski definition) is 4. The van der Waals surface area contributed by atoms with Gasteiger partial charge in [0.1, 0.15) is 5.75 Å². The van der Waals surface area contributed by atoms with Crippen LogP contribution in [0.25, 0.3) is 0 Å². The van der Waals surface area contributed by atoms with E-state index in [1.807, 2.05) is 30.0 Å². The van der Waals surface area contributed by atoms with Crippen molar-refractivity contribution < 1.29 is 14.7 Å². The van der Waals surface area contributed by atoms with E-state index in [1.54, 1.807) is 6.07 Å². The minimum Gasteiger partial charge on any atom is -0.483 e. The van der Waals surface area contributed by atoms with Gasteiger partial charge in [0.25, 0.3) is 5.91 Å². The van der Waals surface area contributed by atoms with E-state index in [0.717, 1.165) is 31.5 Å². The Hall–Kier alpha value is -2.04. The first kappa shape index (κ1) is 14.4. The number of amides is 1. The molecule has 108 valence electrons. The van der Waals surface area contributed by atoms with Crippen molar-refractivity contribution in [3.63, 3.8) is 0 Å². The lowest BCUT2D eigenvalue weighted by molar-refractivity contribution is -0.132. The van der Waals surface area contributed by atoms with Gasteiger partial charge >= 0.3 is 0 Å². The molecule has 1 aromatic carbocycles. The summed E-state index contributed by atoms with van der Waals surface area (Å²) >= 11 is 0. The average Bonchev–Trinajstić information content (AvgIpc) is 3.01. The molecule has 5 heteroatoms. The van der Waals surface area contributed by atoms with E-state index in [1.165, 1.54) is 0 Å². The third kappa shape index (κ3) is 3.29. The Kier molecular flexibility index (Phi) is 4.98.